The maximum absolute atomic E-state index is 12.6. The number of nitrogens with zero attached hydrogens (tertiary/aromatic N) is 2. The van der Waals surface area contributed by atoms with Crippen LogP contribution in [0.4, 0.5) is 5.69 Å². The van der Waals surface area contributed by atoms with E-state index in [0.717, 1.165) is 29.3 Å². The van der Waals surface area contributed by atoms with Gasteiger partial charge in [-0.15, -0.1) is 0 Å². The van der Waals surface area contributed by atoms with E-state index in [0.29, 0.717) is 16.3 Å². The van der Waals surface area contributed by atoms with Gasteiger partial charge in [0, 0.05) is 19.8 Å². The molecule has 0 saturated carbocycles. The monoisotopic (exact) mass is 445 g/mol. The average Bonchev–Trinajstić information content (AvgIpc) is 3.32. The van der Waals surface area contributed by atoms with Crippen molar-refractivity contribution in [2.75, 3.05) is 19.4 Å². The Balaban J connectivity index is 1.47. The lowest BCUT2D eigenvalue weighted by molar-refractivity contribution is -0.115. The number of anilines is 1. The molecule has 1 amide bonds. The van der Waals surface area contributed by atoms with E-state index in [9.17, 15) is 13.2 Å². The van der Waals surface area contributed by atoms with Crippen molar-refractivity contribution in [2.45, 2.75) is 41.6 Å². The summed E-state index contributed by atoms with van der Waals surface area (Å²) in [5.41, 5.74) is 4.37. The molecule has 1 heterocycles. The van der Waals surface area contributed by atoms with Crippen molar-refractivity contribution in [2.24, 2.45) is 0 Å². The van der Waals surface area contributed by atoms with E-state index in [-0.39, 0.29) is 10.8 Å². The summed E-state index contributed by atoms with van der Waals surface area (Å²) in [7, 11) is -0.600. The summed E-state index contributed by atoms with van der Waals surface area (Å²) in [5, 5.41) is 2.84. The number of amides is 1. The Morgan fingerprint density at radius 1 is 1.17 bits per heavy atom. The van der Waals surface area contributed by atoms with E-state index in [1.54, 1.807) is 13.0 Å². The van der Waals surface area contributed by atoms with Gasteiger partial charge < -0.3 is 9.73 Å². The maximum atomic E-state index is 12.6. The molecular formula is C21H23N3O4S2. The van der Waals surface area contributed by atoms with Gasteiger partial charge in [-0.2, -0.15) is 0 Å². The Morgan fingerprint density at radius 2 is 1.93 bits per heavy atom. The highest BCUT2D eigenvalue weighted by Gasteiger charge is 2.21. The third-order valence-electron chi connectivity index (χ3n) is 5.13. The van der Waals surface area contributed by atoms with E-state index >= 15 is 0 Å². The zero-order valence-corrected chi connectivity index (χ0v) is 18.6. The zero-order chi connectivity index (χ0) is 21.5. The Kier molecular flexibility index (Phi) is 5.61. The summed E-state index contributed by atoms with van der Waals surface area (Å²) in [6.45, 7) is 1.78. The van der Waals surface area contributed by atoms with Crippen LogP contribution in [0.15, 0.2) is 50.9 Å². The van der Waals surface area contributed by atoms with Crippen molar-refractivity contribution in [3.05, 3.63) is 47.5 Å². The van der Waals surface area contributed by atoms with Crippen LogP contribution in [-0.4, -0.2) is 43.0 Å². The fraction of sp³-hybridized carbons (Fsp3) is 0.333. The maximum Gasteiger partial charge on any atom is 0.257 e. The number of hydrogen-bond acceptors (Lipinski definition) is 6. The molecule has 1 unspecified atom stereocenters. The molecule has 0 spiro atoms. The summed E-state index contributed by atoms with van der Waals surface area (Å²) >= 11 is 1.19. The van der Waals surface area contributed by atoms with E-state index in [2.05, 4.69) is 16.4 Å². The van der Waals surface area contributed by atoms with Crippen LogP contribution in [0.2, 0.25) is 0 Å². The van der Waals surface area contributed by atoms with Gasteiger partial charge in [-0.25, -0.2) is 17.7 Å². The second kappa shape index (κ2) is 8.05. The fourth-order valence-electron chi connectivity index (χ4n) is 3.41. The highest BCUT2D eigenvalue weighted by molar-refractivity contribution is 8.00. The second-order valence-corrected chi connectivity index (χ2v) is 10.9. The first-order valence-corrected chi connectivity index (χ1v) is 12.0. The molecule has 0 radical (unpaired) electrons. The molecule has 9 heteroatoms. The number of nitrogens with one attached hydrogen (secondary N) is 1. The minimum Gasteiger partial charge on any atom is -0.431 e. The predicted octanol–water partition coefficient (Wildman–Crippen LogP) is 3.69. The van der Waals surface area contributed by atoms with Crippen molar-refractivity contribution < 1.29 is 17.6 Å². The second-order valence-electron chi connectivity index (χ2n) is 7.48. The predicted molar refractivity (Wildman–Crippen MR) is 117 cm³/mol. The van der Waals surface area contributed by atoms with Crippen LogP contribution < -0.4 is 5.32 Å². The minimum absolute atomic E-state index is 0.143. The van der Waals surface area contributed by atoms with Crippen molar-refractivity contribution in [3.63, 3.8) is 0 Å². The summed E-state index contributed by atoms with van der Waals surface area (Å²) in [5.74, 6) is -0.143. The van der Waals surface area contributed by atoms with Gasteiger partial charge in [0.25, 0.3) is 5.22 Å². The Hall–Kier alpha value is -2.36. The van der Waals surface area contributed by atoms with E-state index < -0.39 is 15.3 Å². The number of oxazole rings is 1. The summed E-state index contributed by atoms with van der Waals surface area (Å²) in [6, 6.07) is 10.6. The molecular weight excluding hydrogens is 422 g/mol. The Labute approximate surface area is 179 Å². The lowest BCUT2D eigenvalue weighted by Gasteiger charge is -2.11. The van der Waals surface area contributed by atoms with Gasteiger partial charge in [-0.05, 0) is 67.6 Å². The number of fused-ring (bicyclic) bond motifs is 2. The molecule has 3 aromatic rings. The number of rotatable bonds is 6. The van der Waals surface area contributed by atoms with Gasteiger partial charge in [0.15, 0.2) is 5.58 Å². The van der Waals surface area contributed by atoms with Crippen LogP contribution in [0.5, 0.6) is 0 Å². The van der Waals surface area contributed by atoms with Crippen molar-refractivity contribution >= 4 is 44.5 Å². The van der Waals surface area contributed by atoms with Crippen LogP contribution in [0.3, 0.4) is 0 Å². The lowest BCUT2D eigenvalue weighted by Crippen LogP contribution is -2.22. The number of aryl methyl sites for hydroxylation is 2. The number of benzene rings is 2. The summed E-state index contributed by atoms with van der Waals surface area (Å²) < 4.78 is 31.4. The molecule has 0 saturated heterocycles. The molecule has 158 valence electrons. The van der Waals surface area contributed by atoms with Gasteiger partial charge in [0.2, 0.25) is 15.9 Å². The normalized spacial score (nSPS) is 14.8. The number of carbonyl (C=O) groups is 1. The molecule has 2 aromatic carbocycles. The fourth-order valence-corrected chi connectivity index (χ4v) is 5.09. The standard InChI is InChI=1S/C21H23N3O4S2/c1-13(20(25)22-16-8-7-14-5-4-6-15(14)11-16)29-21-23-18-12-17(9-10-19(18)28-21)30(26,27)24(2)3/h7-13H,4-6H2,1-3H3,(H,22,25). The van der Waals surface area contributed by atoms with Gasteiger partial charge in [-0.3, -0.25) is 4.79 Å². The number of thioether (sulfide) groups is 1. The molecule has 0 aliphatic heterocycles. The minimum atomic E-state index is -3.55. The van der Waals surface area contributed by atoms with Crippen LogP contribution in [0.25, 0.3) is 11.1 Å². The van der Waals surface area contributed by atoms with Crippen molar-refractivity contribution in [3.8, 4) is 0 Å². The first kappa shape index (κ1) is 20.9. The molecule has 30 heavy (non-hydrogen) atoms. The van der Waals surface area contributed by atoms with E-state index in [1.807, 2.05) is 12.1 Å². The van der Waals surface area contributed by atoms with E-state index in [4.69, 9.17) is 4.42 Å². The average molecular weight is 446 g/mol. The Morgan fingerprint density at radius 3 is 2.70 bits per heavy atom. The lowest BCUT2D eigenvalue weighted by atomic mass is 10.1. The highest BCUT2D eigenvalue weighted by atomic mass is 32.2. The first-order valence-electron chi connectivity index (χ1n) is 9.66. The quantitative estimate of drug-likeness (QED) is 0.582. The topological polar surface area (TPSA) is 92.5 Å². The number of carbonyl (C=O) groups excluding carboxylic acids is 1. The summed E-state index contributed by atoms with van der Waals surface area (Å²) in [4.78, 5) is 17.1. The van der Waals surface area contributed by atoms with Crippen LogP contribution >= 0.6 is 11.8 Å². The molecule has 4 rings (SSSR count). The molecule has 1 aliphatic carbocycles. The number of sulfonamides is 1. The molecule has 1 aliphatic rings. The smallest absolute Gasteiger partial charge is 0.257 e. The molecule has 7 nitrogen and oxygen atoms in total. The van der Waals surface area contributed by atoms with Crippen molar-refractivity contribution in [1.82, 2.24) is 9.29 Å². The van der Waals surface area contributed by atoms with Gasteiger partial charge in [0.1, 0.15) is 5.52 Å². The third kappa shape index (κ3) is 4.10. The van der Waals surface area contributed by atoms with Gasteiger partial charge >= 0.3 is 0 Å². The number of aromatic nitrogens is 1. The van der Waals surface area contributed by atoms with Crippen LogP contribution in [0, 0.1) is 0 Å². The van der Waals surface area contributed by atoms with Crippen LogP contribution in [-0.2, 0) is 27.7 Å². The first-order chi connectivity index (χ1) is 14.2. The SMILES string of the molecule is CC(Sc1nc2cc(S(=O)(=O)N(C)C)ccc2o1)C(=O)Nc1ccc2c(c1)CCC2. The van der Waals surface area contributed by atoms with Crippen LogP contribution in [0.1, 0.15) is 24.5 Å². The molecule has 1 atom stereocenters. The van der Waals surface area contributed by atoms with E-state index in [1.165, 1.54) is 49.1 Å². The molecule has 0 bridgehead atoms. The van der Waals surface area contributed by atoms with Gasteiger partial charge in [0.05, 0.1) is 10.1 Å². The Bertz CT molecular complexity index is 1220. The third-order valence-corrected chi connectivity index (χ3v) is 7.89. The number of hydrogen-bond donors (Lipinski definition) is 1. The summed E-state index contributed by atoms with van der Waals surface area (Å²) in [6.07, 6.45) is 3.32. The molecule has 1 aromatic heterocycles. The largest absolute Gasteiger partial charge is 0.431 e. The molecule has 1 N–H and O–H groups in total. The zero-order valence-electron chi connectivity index (χ0n) is 17.0. The molecule has 0 fully saturated rings. The highest BCUT2D eigenvalue weighted by Crippen LogP contribution is 2.30. The van der Waals surface area contributed by atoms with Gasteiger partial charge in [-0.1, -0.05) is 17.8 Å². The van der Waals surface area contributed by atoms with Crippen molar-refractivity contribution in [1.29, 1.82) is 0 Å².